The molecule has 0 radical (unpaired) electrons. The Morgan fingerprint density at radius 1 is 1.09 bits per heavy atom. The highest BCUT2D eigenvalue weighted by Gasteiger charge is 2.26. The molecule has 0 spiro atoms. The van der Waals surface area contributed by atoms with Crippen LogP contribution in [0.1, 0.15) is 55.5 Å². The highest BCUT2D eigenvalue weighted by atomic mass is 32.2. The van der Waals surface area contributed by atoms with Crippen molar-refractivity contribution in [3.8, 4) is 11.5 Å². The summed E-state index contributed by atoms with van der Waals surface area (Å²) in [4.78, 5) is 17.3. The number of carbonyl (C=O) groups excluding carboxylic acids is 1. The Morgan fingerprint density at radius 3 is 2.37 bits per heavy atom. The number of nitrogens with zero attached hydrogens (tertiary/aromatic N) is 1. The highest BCUT2D eigenvalue weighted by molar-refractivity contribution is 7.87. The van der Waals surface area contributed by atoms with E-state index in [2.05, 4.69) is 10.3 Å². The van der Waals surface area contributed by atoms with E-state index >= 15 is 0 Å². The molecule has 1 aromatic heterocycles. The predicted octanol–water partition coefficient (Wildman–Crippen LogP) is 5.02. The van der Waals surface area contributed by atoms with Crippen molar-refractivity contribution in [3.63, 3.8) is 0 Å². The number of methoxy groups -OCH3 is 1. The first-order chi connectivity index (χ1) is 16.4. The van der Waals surface area contributed by atoms with Gasteiger partial charge in [0.15, 0.2) is 11.5 Å². The lowest BCUT2D eigenvalue weighted by Gasteiger charge is -2.26. The minimum Gasteiger partial charge on any atom is -0.493 e. The lowest BCUT2D eigenvalue weighted by atomic mass is 9.94. The normalized spacial score (nSPS) is 12.6. The molecule has 0 unspecified atom stereocenters. The third kappa shape index (κ3) is 6.39. The van der Waals surface area contributed by atoms with Crippen molar-refractivity contribution >= 4 is 16.0 Å². The number of aryl methyl sites for hydroxylation is 2. The number of aromatic nitrogens is 1. The van der Waals surface area contributed by atoms with E-state index in [1.165, 1.54) is 19.2 Å². The number of carbonyl (C=O) groups is 1. The van der Waals surface area contributed by atoms with Crippen LogP contribution >= 0.6 is 0 Å². The maximum atomic E-state index is 12.9. The zero-order chi connectivity index (χ0) is 25.8. The van der Waals surface area contributed by atoms with Crippen LogP contribution in [0.4, 0.5) is 0 Å². The first kappa shape index (κ1) is 26.2. The monoisotopic (exact) mass is 496 g/mol. The van der Waals surface area contributed by atoms with Gasteiger partial charge in [-0.1, -0.05) is 36.8 Å². The Hall–Kier alpha value is -3.39. The van der Waals surface area contributed by atoms with Crippen molar-refractivity contribution in [1.82, 2.24) is 10.3 Å². The van der Waals surface area contributed by atoms with E-state index < -0.39 is 15.7 Å². The molecule has 8 heteroatoms. The Morgan fingerprint density at radius 2 is 1.77 bits per heavy atom. The summed E-state index contributed by atoms with van der Waals surface area (Å²) < 4.78 is 36.7. The number of ether oxygens (including phenoxy) is 1. The number of hydrogen-bond acceptors (Lipinski definition) is 6. The van der Waals surface area contributed by atoms with Crippen LogP contribution in [0, 0.1) is 13.8 Å². The average molecular weight is 497 g/mol. The van der Waals surface area contributed by atoms with E-state index in [-0.39, 0.29) is 28.9 Å². The Labute approximate surface area is 207 Å². The van der Waals surface area contributed by atoms with E-state index in [9.17, 15) is 13.2 Å². The Kier molecular flexibility index (Phi) is 7.85. The molecule has 35 heavy (non-hydrogen) atoms. The topological polar surface area (TPSA) is 94.6 Å². The summed E-state index contributed by atoms with van der Waals surface area (Å²) >= 11 is 0. The number of pyridine rings is 1. The van der Waals surface area contributed by atoms with Crippen molar-refractivity contribution in [2.45, 2.75) is 57.4 Å². The quantitative estimate of drug-likeness (QED) is 0.418. The van der Waals surface area contributed by atoms with Gasteiger partial charge in [0.25, 0.3) is 0 Å². The number of amides is 1. The molecule has 0 fully saturated rings. The highest BCUT2D eigenvalue weighted by Crippen LogP contribution is 2.37. The van der Waals surface area contributed by atoms with Crippen LogP contribution in [0.5, 0.6) is 11.5 Å². The zero-order valence-corrected chi connectivity index (χ0v) is 21.8. The number of hydrogen-bond donors (Lipinski definition) is 1. The second-order valence-corrected chi connectivity index (χ2v) is 10.8. The second-order valence-electron chi connectivity index (χ2n) is 9.21. The molecule has 0 aliphatic rings. The molecule has 3 rings (SSSR count). The summed E-state index contributed by atoms with van der Waals surface area (Å²) in [5.74, 6) is 0.0708. The molecule has 186 valence electrons. The van der Waals surface area contributed by atoms with Crippen molar-refractivity contribution in [3.05, 3.63) is 83.2 Å². The largest absolute Gasteiger partial charge is 0.493 e. The summed E-state index contributed by atoms with van der Waals surface area (Å²) in [6.45, 7) is 9.40. The van der Waals surface area contributed by atoms with Crippen LogP contribution in [0.25, 0.3) is 0 Å². The molecule has 1 N–H and O–H groups in total. The van der Waals surface area contributed by atoms with Gasteiger partial charge in [-0.3, -0.25) is 9.78 Å². The van der Waals surface area contributed by atoms with E-state index in [1.54, 1.807) is 24.4 Å². The average Bonchev–Trinajstić information content (AvgIpc) is 2.79. The fourth-order valence-corrected chi connectivity index (χ4v) is 4.77. The first-order valence-corrected chi connectivity index (χ1v) is 12.8. The maximum absolute atomic E-state index is 12.9. The lowest BCUT2D eigenvalue weighted by molar-refractivity contribution is -0.123. The molecule has 1 amide bonds. The van der Waals surface area contributed by atoms with Gasteiger partial charge >= 0.3 is 10.1 Å². The maximum Gasteiger partial charge on any atom is 0.339 e. The fraction of sp³-hybridized carbons (Fsp3) is 0.333. The molecule has 0 aliphatic heterocycles. The fourth-order valence-electron chi connectivity index (χ4n) is 3.84. The Bertz CT molecular complexity index is 1290. The SMILES string of the molecule is COc1c(C)cc([C@@H](C)CC(=O)NC(C)(C)c2ccccn2)cc1OS(=O)(=O)c1ccc(C)cc1. The van der Waals surface area contributed by atoms with Gasteiger partial charge < -0.3 is 14.2 Å². The number of rotatable bonds is 9. The van der Waals surface area contributed by atoms with Gasteiger partial charge in [0.1, 0.15) is 4.90 Å². The summed E-state index contributed by atoms with van der Waals surface area (Å²) in [5, 5.41) is 3.04. The van der Waals surface area contributed by atoms with Crippen LogP contribution in [0.3, 0.4) is 0 Å². The van der Waals surface area contributed by atoms with Gasteiger partial charge in [0.2, 0.25) is 5.91 Å². The Balaban J connectivity index is 1.82. The molecule has 0 bridgehead atoms. The smallest absolute Gasteiger partial charge is 0.339 e. The molecule has 1 atom stereocenters. The molecule has 2 aromatic carbocycles. The summed E-state index contributed by atoms with van der Waals surface area (Å²) in [5.41, 5.74) is 2.55. The summed E-state index contributed by atoms with van der Waals surface area (Å²) in [6, 6.07) is 15.5. The molecule has 0 saturated heterocycles. The second kappa shape index (κ2) is 10.5. The van der Waals surface area contributed by atoms with Crippen molar-refractivity contribution < 1.29 is 22.1 Å². The molecule has 3 aromatic rings. The van der Waals surface area contributed by atoms with E-state index in [0.717, 1.165) is 16.8 Å². The summed E-state index contributed by atoms with van der Waals surface area (Å²) in [7, 11) is -2.60. The predicted molar refractivity (Wildman–Crippen MR) is 135 cm³/mol. The first-order valence-electron chi connectivity index (χ1n) is 11.3. The van der Waals surface area contributed by atoms with Gasteiger partial charge in [-0.25, -0.2) is 0 Å². The van der Waals surface area contributed by atoms with Gasteiger partial charge in [-0.05, 0) is 75.1 Å². The van der Waals surface area contributed by atoms with E-state index in [1.807, 2.05) is 58.9 Å². The molecular weight excluding hydrogens is 464 g/mol. The lowest BCUT2D eigenvalue weighted by Crippen LogP contribution is -2.41. The molecular formula is C27H32N2O5S. The van der Waals surface area contributed by atoms with Crippen molar-refractivity contribution in [2.24, 2.45) is 0 Å². The third-order valence-corrected chi connectivity index (χ3v) is 7.04. The number of benzene rings is 2. The molecule has 0 aliphatic carbocycles. The molecule has 0 saturated carbocycles. The third-order valence-electron chi connectivity index (χ3n) is 5.79. The van der Waals surface area contributed by atoms with Gasteiger partial charge in [-0.2, -0.15) is 8.42 Å². The van der Waals surface area contributed by atoms with Crippen molar-refractivity contribution in [1.29, 1.82) is 0 Å². The number of nitrogens with one attached hydrogen (secondary N) is 1. The minimum absolute atomic E-state index is 0.0531. The molecule has 7 nitrogen and oxygen atoms in total. The van der Waals surface area contributed by atoms with Crippen LogP contribution in [-0.4, -0.2) is 26.4 Å². The summed E-state index contributed by atoms with van der Waals surface area (Å²) in [6.07, 6.45) is 1.89. The van der Waals surface area contributed by atoms with E-state index in [0.29, 0.717) is 11.3 Å². The van der Waals surface area contributed by atoms with E-state index in [4.69, 9.17) is 8.92 Å². The molecule has 1 heterocycles. The van der Waals surface area contributed by atoms with Crippen LogP contribution in [0.15, 0.2) is 65.7 Å². The van der Waals surface area contributed by atoms with Gasteiger partial charge in [0.05, 0.1) is 18.3 Å². The van der Waals surface area contributed by atoms with Crippen molar-refractivity contribution in [2.75, 3.05) is 7.11 Å². The van der Waals surface area contributed by atoms with Crippen LogP contribution < -0.4 is 14.2 Å². The minimum atomic E-state index is -4.07. The standard InChI is InChI=1S/C27H32N2O5S/c1-18-10-12-22(13-11-18)35(31,32)34-23-17-21(15-20(3)26(23)33-6)19(2)16-25(30)29-27(4,5)24-9-7-8-14-28-24/h7-15,17,19H,16H2,1-6H3,(H,29,30)/t19-/m0/s1. The van der Waals surface area contributed by atoms with Crippen LogP contribution in [-0.2, 0) is 20.5 Å². The van der Waals surface area contributed by atoms with Gasteiger partial charge in [-0.15, -0.1) is 0 Å². The van der Waals surface area contributed by atoms with Gasteiger partial charge in [0, 0.05) is 12.6 Å². The van der Waals surface area contributed by atoms with Crippen LogP contribution in [0.2, 0.25) is 0 Å². The zero-order valence-electron chi connectivity index (χ0n) is 21.0.